The number of nitro benzene ring substituents is 1. The molecule has 0 aliphatic rings. The van der Waals surface area contributed by atoms with Gasteiger partial charge in [0.2, 0.25) is 5.91 Å². The molecule has 2 amide bonds. The molecule has 3 rings (SSSR count). The minimum absolute atomic E-state index is 0.112. The molecule has 0 unspecified atom stereocenters. The van der Waals surface area contributed by atoms with Gasteiger partial charge in [-0.3, -0.25) is 19.7 Å². The Balaban J connectivity index is 1.81. The van der Waals surface area contributed by atoms with Gasteiger partial charge in [-0.1, -0.05) is 24.3 Å². The first-order chi connectivity index (χ1) is 16.4. The number of halogens is 1. The number of nitrogens with zero attached hydrogens (tertiary/aromatic N) is 3. The van der Waals surface area contributed by atoms with E-state index in [9.17, 15) is 24.1 Å². The number of thiophene rings is 1. The molecule has 3 aromatic rings. The molecular formula is C24H24FN3O5S. The van der Waals surface area contributed by atoms with Crippen LogP contribution in [0.25, 0.3) is 0 Å². The summed E-state index contributed by atoms with van der Waals surface area (Å²) in [4.78, 5) is 40.9. The zero-order valence-corrected chi connectivity index (χ0v) is 19.4. The monoisotopic (exact) mass is 485 g/mol. The van der Waals surface area contributed by atoms with Gasteiger partial charge < -0.3 is 14.5 Å². The Hall–Kier alpha value is -3.63. The van der Waals surface area contributed by atoms with Crippen LogP contribution in [0.5, 0.6) is 0 Å². The average molecular weight is 486 g/mol. The predicted molar refractivity (Wildman–Crippen MR) is 126 cm³/mol. The summed E-state index contributed by atoms with van der Waals surface area (Å²) in [7, 11) is 1.48. The minimum Gasteiger partial charge on any atom is -0.383 e. The van der Waals surface area contributed by atoms with Crippen LogP contribution >= 0.6 is 11.3 Å². The van der Waals surface area contributed by atoms with Gasteiger partial charge >= 0.3 is 0 Å². The van der Waals surface area contributed by atoms with Gasteiger partial charge in [-0.25, -0.2) is 4.39 Å². The molecule has 0 aliphatic heterocycles. The molecule has 0 saturated carbocycles. The second-order valence-electron chi connectivity index (χ2n) is 7.48. The molecule has 2 aromatic carbocycles. The molecule has 10 heteroatoms. The lowest BCUT2D eigenvalue weighted by molar-refractivity contribution is -0.384. The summed E-state index contributed by atoms with van der Waals surface area (Å²) in [5, 5.41) is 13.0. The molecule has 0 N–H and O–H groups in total. The van der Waals surface area contributed by atoms with Crippen molar-refractivity contribution in [3.05, 3.63) is 98.0 Å². The van der Waals surface area contributed by atoms with Crippen LogP contribution in [-0.4, -0.2) is 53.3 Å². The predicted octanol–water partition coefficient (Wildman–Crippen LogP) is 4.11. The lowest BCUT2D eigenvalue weighted by Gasteiger charge is -2.27. The Kier molecular flexibility index (Phi) is 8.83. The van der Waals surface area contributed by atoms with Crippen molar-refractivity contribution in [3.8, 4) is 0 Å². The summed E-state index contributed by atoms with van der Waals surface area (Å²) in [6.07, 6.45) is 0. The largest absolute Gasteiger partial charge is 0.383 e. The molecule has 0 aliphatic carbocycles. The summed E-state index contributed by atoms with van der Waals surface area (Å²) < 4.78 is 18.4. The first kappa shape index (κ1) is 25.0. The van der Waals surface area contributed by atoms with E-state index in [1.807, 2.05) is 17.5 Å². The maximum absolute atomic E-state index is 13.3. The molecule has 0 saturated heterocycles. The third kappa shape index (κ3) is 6.93. The highest BCUT2D eigenvalue weighted by Crippen LogP contribution is 2.18. The lowest BCUT2D eigenvalue weighted by Crippen LogP contribution is -2.43. The number of methoxy groups -OCH3 is 1. The van der Waals surface area contributed by atoms with Gasteiger partial charge in [0.05, 0.1) is 18.1 Å². The molecule has 0 atom stereocenters. The molecule has 0 radical (unpaired) electrons. The molecule has 34 heavy (non-hydrogen) atoms. The van der Waals surface area contributed by atoms with Crippen molar-refractivity contribution in [2.45, 2.75) is 13.1 Å². The highest BCUT2D eigenvalue weighted by molar-refractivity contribution is 7.09. The Morgan fingerprint density at radius 3 is 2.47 bits per heavy atom. The number of carbonyl (C=O) groups is 2. The number of non-ortho nitro benzene ring substituents is 1. The van der Waals surface area contributed by atoms with E-state index in [4.69, 9.17) is 4.74 Å². The highest BCUT2D eigenvalue weighted by Gasteiger charge is 2.24. The molecule has 0 fully saturated rings. The molecule has 0 bridgehead atoms. The van der Waals surface area contributed by atoms with E-state index in [-0.39, 0.29) is 49.2 Å². The summed E-state index contributed by atoms with van der Waals surface area (Å²) in [6, 6.07) is 15.1. The van der Waals surface area contributed by atoms with Gasteiger partial charge in [0, 0.05) is 42.8 Å². The Morgan fingerprint density at radius 2 is 1.82 bits per heavy atom. The van der Waals surface area contributed by atoms with Crippen molar-refractivity contribution in [2.24, 2.45) is 0 Å². The van der Waals surface area contributed by atoms with E-state index in [1.54, 1.807) is 17.0 Å². The normalized spacial score (nSPS) is 10.6. The summed E-state index contributed by atoms with van der Waals surface area (Å²) in [6.45, 7) is 0.651. The molecule has 1 aromatic heterocycles. The van der Waals surface area contributed by atoms with Crippen molar-refractivity contribution in [1.29, 1.82) is 0 Å². The maximum Gasteiger partial charge on any atom is 0.270 e. The van der Waals surface area contributed by atoms with E-state index in [0.717, 1.165) is 10.4 Å². The Labute approximate surface area is 200 Å². The van der Waals surface area contributed by atoms with E-state index in [2.05, 4.69) is 0 Å². The third-order valence-electron chi connectivity index (χ3n) is 5.05. The van der Waals surface area contributed by atoms with Crippen LogP contribution in [0.2, 0.25) is 0 Å². The fourth-order valence-electron chi connectivity index (χ4n) is 3.29. The third-order valence-corrected chi connectivity index (χ3v) is 5.91. The van der Waals surface area contributed by atoms with Gasteiger partial charge in [-0.2, -0.15) is 0 Å². The fraction of sp³-hybridized carbons (Fsp3) is 0.250. The number of ether oxygens (including phenoxy) is 1. The van der Waals surface area contributed by atoms with Crippen molar-refractivity contribution < 1.29 is 23.6 Å². The van der Waals surface area contributed by atoms with Crippen LogP contribution in [0.4, 0.5) is 10.1 Å². The molecule has 8 nitrogen and oxygen atoms in total. The number of rotatable bonds is 11. The lowest BCUT2D eigenvalue weighted by atomic mass is 10.1. The van der Waals surface area contributed by atoms with Gasteiger partial charge in [-0.15, -0.1) is 11.3 Å². The zero-order chi connectivity index (χ0) is 24.5. The summed E-state index contributed by atoms with van der Waals surface area (Å²) in [5.74, 6) is -1.19. The smallest absolute Gasteiger partial charge is 0.270 e. The van der Waals surface area contributed by atoms with Crippen LogP contribution in [-0.2, 0) is 22.6 Å². The van der Waals surface area contributed by atoms with Gasteiger partial charge in [-0.05, 0) is 35.2 Å². The van der Waals surface area contributed by atoms with Crippen LogP contribution in [0, 0.1) is 15.9 Å². The van der Waals surface area contributed by atoms with Crippen LogP contribution in [0.15, 0.2) is 66.0 Å². The minimum atomic E-state index is -0.577. The fourth-order valence-corrected chi connectivity index (χ4v) is 4.00. The second-order valence-corrected chi connectivity index (χ2v) is 8.51. The highest BCUT2D eigenvalue weighted by atomic mass is 32.1. The number of benzene rings is 2. The standard InChI is InChI=1S/C24H24FN3O5S/c1-33-12-11-26(24(30)19-4-2-5-21(14-19)28(31)32)17-23(29)27(16-22-6-3-13-34-22)15-18-7-9-20(25)10-8-18/h2-10,13-14H,11-12,15-17H2,1H3. The van der Waals surface area contributed by atoms with Gasteiger partial charge in [0.25, 0.3) is 11.6 Å². The van der Waals surface area contributed by atoms with Crippen molar-refractivity contribution in [1.82, 2.24) is 9.80 Å². The summed E-state index contributed by atoms with van der Waals surface area (Å²) in [5.41, 5.74) is 0.653. The van der Waals surface area contributed by atoms with Crippen LogP contribution in [0.1, 0.15) is 20.8 Å². The van der Waals surface area contributed by atoms with Gasteiger partial charge in [0.1, 0.15) is 12.4 Å². The second kappa shape index (κ2) is 12.0. The van der Waals surface area contributed by atoms with Gasteiger partial charge in [0.15, 0.2) is 0 Å². The average Bonchev–Trinajstić information content (AvgIpc) is 3.35. The number of amides is 2. The number of carbonyl (C=O) groups excluding carboxylic acids is 2. The van der Waals surface area contributed by atoms with Crippen molar-refractivity contribution in [3.63, 3.8) is 0 Å². The van der Waals surface area contributed by atoms with Crippen LogP contribution < -0.4 is 0 Å². The SMILES string of the molecule is COCCN(CC(=O)N(Cc1ccc(F)cc1)Cc1cccs1)C(=O)c1cccc([N+](=O)[O-])c1. The quantitative estimate of drug-likeness (QED) is 0.301. The molecule has 178 valence electrons. The van der Waals surface area contributed by atoms with Crippen molar-refractivity contribution in [2.75, 3.05) is 26.8 Å². The maximum atomic E-state index is 13.3. The first-order valence-corrected chi connectivity index (χ1v) is 11.3. The van der Waals surface area contributed by atoms with E-state index in [1.165, 1.54) is 59.7 Å². The molecular weight excluding hydrogens is 461 g/mol. The topological polar surface area (TPSA) is 93.0 Å². The summed E-state index contributed by atoms with van der Waals surface area (Å²) >= 11 is 1.50. The zero-order valence-electron chi connectivity index (χ0n) is 18.6. The first-order valence-electron chi connectivity index (χ1n) is 10.4. The van der Waals surface area contributed by atoms with E-state index in [0.29, 0.717) is 6.54 Å². The molecule has 0 spiro atoms. The Morgan fingerprint density at radius 1 is 1.06 bits per heavy atom. The number of hydrogen-bond acceptors (Lipinski definition) is 6. The number of nitro groups is 1. The number of hydrogen-bond donors (Lipinski definition) is 0. The van der Waals surface area contributed by atoms with Crippen molar-refractivity contribution >= 4 is 28.8 Å². The molecule has 1 heterocycles. The van der Waals surface area contributed by atoms with Crippen LogP contribution in [0.3, 0.4) is 0 Å². The van der Waals surface area contributed by atoms with E-state index >= 15 is 0 Å². The van der Waals surface area contributed by atoms with E-state index < -0.39 is 10.8 Å². The Bertz CT molecular complexity index is 1120.